The van der Waals surface area contributed by atoms with E-state index in [1.165, 1.54) is 11.1 Å². The Bertz CT molecular complexity index is 3320. The van der Waals surface area contributed by atoms with Gasteiger partial charge in [-0.2, -0.15) is 0 Å². The summed E-state index contributed by atoms with van der Waals surface area (Å²) in [5.41, 5.74) is 13.6. The summed E-state index contributed by atoms with van der Waals surface area (Å²) in [4.78, 5) is 2.23. The maximum absolute atomic E-state index is 8.66. The molecule has 0 spiro atoms. The highest BCUT2D eigenvalue weighted by Gasteiger charge is 2.46. The lowest BCUT2D eigenvalue weighted by Gasteiger charge is -2.35. The number of anilines is 3. The van der Waals surface area contributed by atoms with E-state index in [-0.39, 0.29) is 29.7 Å². The maximum atomic E-state index is 8.66. The molecule has 0 amide bonds. The Kier molecular flexibility index (Phi) is 6.60. The van der Waals surface area contributed by atoms with E-state index < -0.39 is 11.5 Å². The molecule has 1 atom stereocenters. The standard InChI is InChI=1S/C55H37NO/c1-4-14-38(15-5-1)40-24-29-44(30-25-40)56(45-31-26-41(27-32-45)39-16-6-2-7-17-39)46-33-34-48-47-20-10-12-22-51(47)55(52(48)37-46,42-18-8-3-9-19-42)43-28-35-54-50(36-43)49-21-11-13-23-53(49)57-54/h1-37H/i1D,4D,5D,14D,15D. The molecule has 0 aliphatic heterocycles. The van der Waals surface area contributed by atoms with Crippen LogP contribution in [-0.2, 0) is 5.41 Å². The quantitative estimate of drug-likeness (QED) is 0.162. The molecule has 1 heterocycles. The first-order chi connectivity index (χ1) is 30.3. The average Bonchev–Trinajstić information content (AvgIpc) is 3.85. The Morgan fingerprint density at radius 2 is 0.965 bits per heavy atom. The number of hydrogen-bond donors (Lipinski definition) is 0. The Morgan fingerprint density at radius 3 is 1.72 bits per heavy atom. The number of hydrogen-bond acceptors (Lipinski definition) is 2. The molecule has 0 bridgehead atoms. The van der Waals surface area contributed by atoms with Crippen molar-refractivity contribution in [3.63, 3.8) is 0 Å². The zero-order valence-electron chi connectivity index (χ0n) is 35.8. The lowest BCUT2D eigenvalue weighted by atomic mass is 9.67. The van der Waals surface area contributed by atoms with Crippen molar-refractivity contribution in [1.29, 1.82) is 0 Å². The topological polar surface area (TPSA) is 16.4 Å². The zero-order chi connectivity index (χ0) is 42.1. The van der Waals surface area contributed by atoms with Gasteiger partial charge in [0.05, 0.1) is 12.3 Å². The Labute approximate surface area is 339 Å². The van der Waals surface area contributed by atoms with Crippen LogP contribution in [0.15, 0.2) is 229 Å². The van der Waals surface area contributed by atoms with Crippen LogP contribution in [0.1, 0.15) is 29.1 Å². The smallest absolute Gasteiger partial charge is 0.135 e. The number of benzene rings is 9. The molecule has 1 aromatic heterocycles. The van der Waals surface area contributed by atoms with Crippen molar-refractivity contribution in [2.75, 3.05) is 4.90 Å². The summed E-state index contributed by atoms with van der Waals surface area (Å²) < 4.78 is 48.4. The molecule has 0 radical (unpaired) electrons. The molecule has 9 aromatic carbocycles. The minimum Gasteiger partial charge on any atom is -0.456 e. The lowest BCUT2D eigenvalue weighted by Crippen LogP contribution is -2.28. The second-order valence-electron chi connectivity index (χ2n) is 14.5. The van der Waals surface area contributed by atoms with Gasteiger partial charge in [-0.3, -0.25) is 0 Å². The van der Waals surface area contributed by atoms with Gasteiger partial charge < -0.3 is 9.32 Å². The van der Waals surface area contributed by atoms with Gasteiger partial charge in [0.1, 0.15) is 11.2 Å². The third-order valence-corrected chi connectivity index (χ3v) is 11.4. The molecular formula is C55H37NO. The van der Waals surface area contributed by atoms with Crippen molar-refractivity contribution in [1.82, 2.24) is 0 Å². The van der Waals surface area contributed by atoms with E-state index in [0.717, 1.165) is 72.4 Å². The molecular weight excluding hydrogens is 691 g/mol. The second-order valence-corrected chi connectivity index (χ2v) is 14.5. The molecule has 57 heavy (non-hydrogen) atoms. The molecule has 10 aromatic rings. The number of nitrogens with zero attached hydrogens (tertiary/aromatic N) is 1. The van der Waals surface area contributed by atoms with E-state index in [1.54, 1.807) is 0 Å². The van der Waals surface area contributed by atoms with Gasteiger partial charge in [0.2, 0.25) is 0 Å². The highest BCUT2D eigenvalue weighted by molar-refractivity contribution is 6.05. The van der Waals surface area contributed by atoms with E-state index in [1.807, 2.05) is 54.6 Å². The van der Waals surface area contributed by atoms with Crippen LogP contribution >= 0.6 is 0 Å². The van der Waals surface area contributed by atoms with Crippen molar-refractivity contribution in [3.8, 4) is 33.4 Å². The highest BCUT2D eigenvalue weighted by Crippen LogP contribution is 2.57. The molecule has 268 valence electrons. The molecule has 2 heteroatoms. The summed E-state index contributed by atoms with van der Waals surface area (Å²) >= 11 is 0. The van der Waals surface area contributed by atoms with Crippen molar-refractivity contribution in [2.45, 2.75) is 5.41 Å². The van der Waals surface area contributed by atoms with Crippen LogP contribution in [0.3, 0.4) is 0 Å². The number of para-hydroxylation sites is 1. The van der Waals surface area contributed by atoms with Crippen LogP contribution in [0.4, 0.5) is 17.1 Å². The normalized spacial score (nSPS) is 15.6. The van der Waals surface area contributed by atoms with E-state index >= 15 is 0 Å². The molecule has 11 rings (SSSR count). The predicted molar refractivity (Wildman–Crippen MR) is 237 cm³/mol. The van der Waals surface area contributed by atoms with Gasteiger partial charge in [-0.1, -0.05) is 170 Å². The Balaban J connectivity index is 1.14. The van der Waals surface area contributed by atoms with E-state index in [9.17, 15) is 0 Å². The fraction of sp³-hybridized carbons (Fsp3) is 0.0182. The Hall–Kier alpha value is -7.42. The molecule has 1 aliphatic rings. The lowest BCUT2D eigenvalue weighted by molar-refractivity contribution is 0.668. The van der Waals surface area contributed by atoms with Gasteiger partial charge in [0.15, 0.2) is 0 Å². The van der Waals surface area contributed by atoms with Crippen molar-refractivity contribution in [2.24, 2.45) is 0 Å². The number of furan rings is 1. The molecule has 0 N–H and O–H groups in total. The number of fused-ring (bicyclic) bond motifs is 6. The van der Waals surface area contributed by atoms with Gasteiger partial charge in [-0.15, -0.1) is 0 Å². The van der Waals surface area contributed by atoms with Crippen LogP contribution in [0.2, 0.25) is 0 Å². The maximum Gasteiger partial charge on any atom is 0.135 e. The molecule has 2 nitrogen and oxygen atoms in total. The minimum atomic E-state index is -0.691. The molecule has 0 saturated heterocycles. The van der Waals surface area contributed by atoms with Crippen LogP contribution in [-0.4, -0.2) is 0 Å². The number of rotatable bonds is 7. The van der Waals surface area contributed by atoms with E-state index in [4.69, 9.17) is 11.3 Å². The Morgan fingerprint density at radius 1 is 0.386 bits per heavy atom. The summed E-state index contributed by atoms with van der Waals surface area (Å²) in [6, 6.07) is 66.0. The van der Waals surface area contributed by atoms with Crippen LogP contribution in [0, 0.1) is 0 Å². The second kappa shape index (κ2) is 13.4. The molecule has 0 saturated carbocycles. The summed E-state index contributed by atoms with van der Waals surface area (Å²) in [5.74, 6) is 0. The third-order valence-electron chi connectivity index (χ3n) is 11.4. The minimum absolute atomic E-state index is 0.173. The summed E-state index contributed by atoms with van der Waals surface area (Å²) in [6.07, 6.45) is 0. The fourth-order valence-corrected chi connectivity index (χ4v) is 8.89. The van der Waals surface area contributed by atoms with Gasteiger partial charge >= 0.3 is 0 Å². The monoisotopic (exact) mass is 732 g/mol. The fourth-order valence-electron chi connectivity index (χ4n) is 8.89. The third kappa shape index (κ3) is 5.33. The SMILES string of the molecule is [2H]c1c([2H])c([2H])c(-c2ccc(N(c3ccc(-c4ccccc4)cc3)c3ccc4c(c3)C(c3ccccc3)(c3ccc5oc6ccccc6c5c3)c3ccccc3-4)cc2)c([2H])c1[2H]. The van der Waals surface area contributed by atoms with Gasteiger partial charge in [0, 0.05) is 27.8 Å². The molecule has 0 fully saturated rings. The summed E-state index contributed by atoms with van der Waals surface area (Å²) in [7, 11) is 0. The predicted octanol–water partition coefficient (Wildman–Crippen LogP) is 14.8. The summed E-state index contributed by atoms with van der Waals surface area (Å²) in [5, 5.41) is 2.14. The van der Waals surface area contributed by atoms with Gasteiger partial charge in [0.25, 0.3) is 0 Å². The first-order valence-electron chi connectivity index (χ1n) is 21.7. The average molecular weight is 733 g/mol. The van der Waals surface area contributed by atoms with E-state index in [2.05, 4.69) is 144 Å². The van der Waals surface area contributed by atoms with E-state index in [0.29, 0.717) is 5.56 Å². The van der Waals surface area contributed by atoms with Crippen molar-refractivity contribution >= 4 is 39.0 Å². The summed E-state index contributed by atoms with van der Waals surface area (Å²) in [6.45, 7) is 0. The first-order valence-corrected chi connectivity index (χ1v) is 19.2. The van der Waals surface area contributed by atoms with Crippen LogP contribution in [0.5, 0.6) is 0 Å². The molecule has 1 unspecified atom stereocenters. The largest absolute Gasteiger partial charge is 0.456 e. The van der Waals surface area contributed by atoms with Gasteiger partial charge in [-0.05, 0) is 110 Å². The van der Waals surface area contributed by atoms with Crippen LogP contribution < -0.4 is 4.90 Å². The molecule has 1 aliphatic carbocycles. The van der Waals surface area contributed by atoms with Crippen LogP contribution in [0.25, 0.3) is 55.3 Å². The van der Waals surface area contributed by atoms with Gasteiger partial charge in [-0.25, -0.2) is 0 Å². The zero-order valence-corrected chi connectivity index (χ0v) is 30.8. The highest BCUT2D eigenvalue weighted by atomic mass is 16.3. The van der Waals surface area contributed by atoms with Crippen molar-refractivity contribution < 1.29 is 11.3 Å². The first kappa shape index (κ1) is 28.1. The van der Waals surface area contributed by atoms with Crippen molar-refractivity contribution in [3.05, 3.63) is 247 Å².